The highest BCUT2D eigenvalue weighted by molar-refractivity contribution is 5.94. The maximum absolute atomic E-state index is 13.0. The molecule has 0 aliphatic carbocycles. The number of amides is 3. The van der Waals surface area contributed by atoms with Gasteiger partial charge in [-0.1, -0.05) is 19.1 Å². The molecule has 0 radical (unpaired) electrons. The van der Waals surface area contributed by atoms with Crippen LogP contribution in [0.25, 0.3) is 0 Å². The van der Waals surface area contributed by atoms with Crippen LogP contribution in [-0.2, 0) is 6.54 Å². The second-order valence-electron chi connectivity index (χ2n) is 6.18. The number of anilines is 1. The van der Waals surface area contributed by atoms with E-state index in [0.717, 1.165) is 12.0 Å². The average Bonchev–Trinajstić information content (AvgIpc) is 2.66. The van der Waals surface area contributed by atoms with E-state index in [2.05, 4.69) is 10.6 Å². The molecule has 6 heteroatoms. The highest BCUT2D eigenvalue weighted by Gasteiger charge is 2.12. The molecule has 0 heterocycles. The predicted octanol–water partition coefficient (Wildman–Crippen LogP) is 3.70. The van der Waals surface area contributed by atoms with Crippen molar-refractivity contribution < 1.29 is 14.0 Å². The summed E-state index contributed by atoms with van der Waals surface area (Å²) in [4.78, 5) is 25.8. The van der Waals surface area contributed by atoms with Crippen molar-refractivity contribution in [1.82, 2.24) is 10.6 Å². The van der Waals surface area contributed by atoms with Gasteiger partial charge in [0.15, 0.2) is 0 Å². The largest absolute Gasteiger partial charge is 0.350 e. The molecule has 0 aromatic heterocycles. The molecule has 5 nitrogen and oxygen atoms in total. The number of rotatable bonds is 6. The normalized spacial score (nSPS) is 11.5. The minimum Gasteiger partial charge on any atom is -0.350 e. The smallest absolute Gasteiger partial charge is 0.321 e. The maximum Gasteiger partial charge on any atom is 0.321 e. The Bertz CT molecular complexity index is 762. The van der Waals surface area contributed by atoms with Gasteiger partial charge < -0.3 is 10.6 Å². The van der Waals surface area contributed by atoms with Crippen LogP contribution in [0.15, 0.2) is 48.5 Å². The van der Waals surface area contributed by atoms with Crippen LogP contribution in [-0.4, -0.2) is 25.0 Å². The molecule has 0 saturated carbocycles. The molecule has 138 valence electrons. The Hall–Kier alpha value is -2.89. The summed E-state index contributed by atoms with van der Waals surface area (Å²) in [5.41, 5.74) is 1.97. The maximum atomic E-state index is 13.0. The number of carbonyl (C=O) groups excluding carboxylic acids is 2. The lowest BCUT2D eigenvalue weighted by atomic mass is 10.1. The number of benzene rings is 2. The zero-order valence-electron chi connectivity index (χ0n) is 15.3. The second kappa shape index (κ2) is 8.99. The fraction of sp³-hybridized carbons (Fsp3) is 0.300. The lowest BCUT2D eigenvalue weighted by Crippen LogP contribution is -2.37. The Morgan fingerprint density at radius 2 is 1.85 bits per heavy atom. The Kier molecular flexibility index (Phi) is 6.72. The molecule has 1 atom stereocenters. The van der Waals surface area contributed by atoms with Crippen molar-refractivity contribution >= 4 is 17.6 Å². The first kappa shape index (κ1) is 19.4. The summed E-state index contributed by atoms with van der Waals surface area (Å²) in [7, 11) is 1.61. The third-order valence-corrected chi connectivity index (χ3v) is 4.14. The summed E-state index contributed by atoms with van der Waals surface area (Å²) in [6, 6.07) is 12.6. The van der Waals surface area contributed by atoms with Crippen molar-refractivity contribution in [2.45, 2.75) is 32.9 Å². The van der Waals surface area contributed by atoms with Crippen molar-refractivity contribution in [3.8, 4) is 0 Å². The fourth-order valence-electron chi connectivity index (χ4n) is 2.31. The number of hydrogen-bond acceptors (Lipinski definition) is 2. The van der Waals surface area contributed by atoms with Crippen molar-refractivity contribution in [3.05, 3.63) is 65.5 Å². The van der Waals surface area contributed by atoms with Crippen LogP contribution >= 0.6 is 0 Å². The van der Waals surface area contributed by atoms with E-state index in [4.69, 9.17) is 0 Å². The molecule has 0 aliphatic heterocycles. The molecule has 3 amide bonds. The van der Waals surface area contributed by atoms with E-state index in [-0.39, 0.29) is 30.3 Å². The van der Waals surface area contributed by atoms with Gasteiger partial charge in [0.2, 0.25) is 0 Å². The minimum atomic E-state index is -0.352. The molecule has 2 aromatic carbocycles. The van der Waals surface area contributed by atoms with Gasteiger partial charge in [-0.2, -0.15) is 0 Å². The molecule has 0 spiro atoms. The van der Waals surface area contributed by atoms with E-state index >= 15 is 0 Å². The standard InChI is InChI=1S/C20H24FN3O2/c1-4-14(2)23-19(25)16-7-5-6-15(12-16)13-22-20(26)24(3)18-10-8-17(21)9-11-18/h5-12,14H,4,13H2,1-3H3,(H,22,26)(H,23,25)/t14-/m1/s1. The molecule has 26 heavy (non-hydrogen) atoms. The van der Waals surface area contributed by atoms with Gasteiger partial charge in [0, 0.05) is 30.9 Å². The van der Waals surface area contributed by atoms with E-state index in [9.17, 15) is 14.0 Å². The van der Waals surface area contributed by atoms with Crippen molar-refractivity contribution in [2.75, 3.05) is 11.9 Å². The zero-order chi connectivity index (χ0) is 19.1. The third kappa shape index (κ3) is 5.31. The first-order chi connectivity index (χ1) is 12.4. The van der Waals surface area contributed by atoms with Crippen molar-refractivity contribution in [3.63, 3.8) is 0 Å². The molecular formula is C20H24FN3O2. The van der Waals surface area contributed by atoms with Crippen LogP contribution < -0.4 is 15.5 Å². The molecule has 0 fully saturated rings. The quantitative estimate of drug-likeness (QED) is 0.828. The summed E-state index contributed by atoms with van der Waals surface area (Å²) in [5.74, 6) is -0.481. The van der Waals surface area contributed by atoms with Gasteiger partial charge in [-0.05, 0) is 55.3 Å². The SMILES string of the molecule is CC[C@@H](C)NC(=O)c1cccc(CNC(=O)N(C)c2ccc(F)cc2)c1. The molecule has 0 aliphatic rings. The zero-order valence-corrected chi connectivity index (χ0v) is 15.3. The van der Waals surface area contributed by atoms with E-state index in [1.165, 1.54) is 29.2 Å². The van der Waals surface area contributed by atoms with Gasteiger partial charge in [-0.15, -0.1) is 0 Å². The fourth-order valence-corrected chi connectivity index (χ4v) is 2.31. The lowest BCUT2D eigenvalue weighted by Gasteiger charge is -2.18. The van der Waals surface area contributed by atoms with E-state index in [1.54, 1.807) is 25.2 Å². The number of nitrogens with zero attached hydrogens (tertiary/aromatic N) is 1. The summed E-state index contributed by atoms with van der Waals surface area (Å²) in [6.07, 6.45) is 0.858. The monoisotopic (exact) mass is 357 g/mol. The highest BCUT2D eigenvalue weighted by Crippen LogP contribution is 2.13. The second-order valence-corrected chi connectivity index (χ2v) is 6.18. The Morgan fingerprint density at radius 1 is 1.15 bits per heavy atom. The summed E-state index contributed by atoms with van der Waals surface area (Å²) < 4.78 is 13.0. The summed E-state index contributed by atoms with van der Waals surface area (Å²) >= 11 is 0. The van der Waals surface area contributed by atoms with Gasteiger partial charge in [-0.25, -0.2) is 9.18 Å². The van der Waals surface area contributed by atoms with Gasteiger partial charge in [-0.3, -0.25) is 9.69 Å². The predicted molar refractivity (Wildman–Crippen MR) is 101 cm³/mol. The van der Waals surface area contributed by atoms with Crippen LogP contribution in [0.1, 0.15) is 36.2 Å². The van der Waals surface area contributed by atoms with Crippen LogP contribution in [0, 0.1) is 5.82 Å². The number of halogens is 1. The van der Waals surface area contributed by atoms with Gasteiger partial charge >= 0.3 is 6.03 Å². The topological polar surface area (TPSA) is 61.4 Å². The van der Waals surface area contributed by atoms with Gasteiger partial charge in [0.05, 0.1) is 0 Å². The molecule has 2 N–H and O–H groups in total. The van der Waals surface area contributed by atoms with Crippen LogP contribution in [0.4, 0.5) is 14.9 Å². The molecule has 2 rings (SSSR count). The molecule has 2 aromatic rings. The third-order valence-electron chi connectivity index (χ3n) is 4.14. The number of hydrogen-bond donors (Lipinski definition) is 2. The first-order valence-electron chi connectivity index (χ1n) is 8.57. The first-order valence-corrected chi connectivity index (χ1v) is 8.57. The molecule has 0 bridgehead atoms. The van der Waals surface area contributed by atoms with Gasteiger partial charge in [0.25, 0.3) is 5.91 Å². The molecular weight excluding hydrogens is 333 g/mol. The van der Waals surface area contributed by atoms with Crippen LogP contribution in [0.3, 0.4) is 0 Å². The number of carbonyl (C=O) groups is 2. The highest BCUT2D eigenvalue weighted by atomic mass is 19.1. The lowest BCUT2D eigenvalue weighted by molar-refractivity contribution is 0.0939. The van der Waals surface area contributed by atoms with Crippen LogP contribution in [0.5, 0.6) is 0 Å². The number of urea groups is 1. The average molecular weight is 357 g/mol. The van der Waals surface area contributed by atoms with Gasteiger partial charge in [0.1, 0.15) is 5.82 Å². The van der Waals surface area contributed by atoms with Crippen molar-refractivity contribution in [1.29, 1.82) is 0 Å². The Labute approximate surface area is 153 Å². The summed E-state index contributed by atoms with van der Waals surface area (Å²) in [6.45, 7) is 4.25. The van der Waals surface area contributed by atoms with Crippen LogP contribution in [0.2, 0.25) is 0 Å². The Morgan fingerprint density at radius 3 is 2.50 bits per heavy atom. The number of nitrogens with one attached hydrogen (secondary N) is 2. The Balaban J connectivity index is 1.96. The summed E-state index contributed by atoms with van der Waals surface area (Å²) in [5, 5.41) is 5.71. The van der Waals surface area contributed by atoms with E-state index in [1.807, 2.05) is 19.9 Å². The minimum absolute atomic E-state index is 0.107. The molecule has 0 unspecified atom stereocenters. The molecule has 0 saturated heterocycles. The van der Waals surface area contributed by atoms with E-state index < -0.39 is 0 Å². The van der Waals surface area contributed by atoms with Crippen molar-refractivity contribution in [2.24, 2.45) is 0 Å². The van der Waals surface area contributed by atoms with E-state index in [0.29, 0.717) is 11.3 Å².